The maximum Gasteiger partial charge on any atom is 0.184 e. The molecule has 84 valence electrons. The van der Waals surface area contributed by atoms with Gasteiger partial charge in [-0.05, 0) is 38.5 Å². The molecule has 6 nitrogen and oxygen atoms in total. The fourth-order valence-electron chi connectivity index (χ4n) is 1.62. The van der Waals surface area contributed by atoms with Crippen molar-refractivity contribution < 1.29 is 5.11 Å². The van der Waals surface area contributed by atoms with Crippen molar-refractivity contribution in [2.75, 3.05) is 0 Å². The van der Waals surface area contributed by atoms with Gasteiger partial charge in [0.2, 0.25) is 0 Å². The Morgan fingerprint density at radius 1 is 1.29 bits per heavy atom. The van der Waals surface area contributed by atoms with E-state index in [0.717, 1.165) is 4.47 Å². The molecule has 2 aromatic heterocycles. The van der Waals surface area contributed by atoms with Crippen LogP contribution in [0.15, 0.2) is 28.9 Å². The van der Waals surface area contributed by atoms with Gasteiger partial charge in [0.25, 0.3) is 0 Å². The maximum absolute atomic E-state index is 10.2. The van der Waals surface area contributed by atoms with Gasteiger partial charge in [-0.25, -0.2) is 5.10 Å². The molecule has 0 fully saturated rings. The molecule has 0 unspecified atom stereocenters. The summed E-state index contributed by atoms with van der Waals surface area (Å²) < 4.78 is 0.826. The van der Waals surface area contributed by atoms with Gasteiger partial charge in [-0.1, -0.05) is 6.07 Å². The van der Waals surface area contributed by atoms with Crippen molar-refractivity contribution in [3.05, 3.63) is 28.9 Å². The van der Waals surface area contributed by atoms with Crippen LogP contribution < -0.4 is 0 Å². The number of rotatable bonds is 1. The number of tetrazole rings is 1. The third kappa shape index (κ3) is 1.55. The summed E-state index contributed by atoms with van der Waals surface area (Å²) >= 11 is 3.38. The minimum Gasteiger partial charge on any atom is -0.506 e. The number of halogens is 1. The minimum absolute atomic E-state index is 0.106. The van der Waals surface area contributed by atoms with Crippen LogP contribution in [0, 0.1) is 0 Å². The molecule has 3 rings (SSSR count). The molecule has 0 aliphatic heterocycles. The first kappa shape index (κ1) is 10.2. The predicted octanol–water partition coefficient (Wildman–Crippen LogP) is 1.88. The number of fused-ring (bicyclic) bond motifs is 1. The van der Waals surface area contributed by atoms with E-state index in [0.29, 0.717) is 22.3 Å². The number of aromatic hydroxyl groups is 1. The lowest BCUT2D eigenvalue weighted by Gasteiger charge is -2.05. The second-order valence-electron chi connectivity index (χ2n) is 3.41. The molecule has 2 N–H and O–H groups in total. The van der Waals surface area contributed by atoms with E-state index in [2.05, 4.69) is 41.5 Å². The quantitative estimate of drug-likeness (QED) is 0.715. The molecule has 1 aromatic carbocycles. The lowest BCUT2D eigenvalue weighted by atomic mass is 10.1. The highest BCUT2D eigenvalue weighted by molar-refractivity contribution is 9.10. The van der Waals surface area contributed by atoms with E-state index in [1.54, 1.807) is 6.07 Å². The van der Waals surface area contributed by atoms with E-state index in [4.69, 9.17) is 0 Å². The highest BCUT2D eigenvalue weighted by atomic mass is 79.9. The normalized spacial score (nSPS) is 10.9. The fraction of sp³-hybridized carbons (Fsp3) is 0. The van der Waals surface area contributed by atoms with E-state index in [-0.39, 0.29) is 5.75 Å². The number of H-pyrrole nitrogens is 1. The average molecular weight is 292 g/mol. The summed E-state index contributed by atoms with van der Waals surface area (Å²) in [5.41, 5.74) is 1.17. The van der Waals surface area contributed by atoms with Crippen molar-refractivity contribution in [1.82, 2.24) is 25.6 Å². The van der Waals surface area contributed by atoms with E-state index >= 15 is 0 Å². The Balaban J connectivity index is 2.34. The number of pyridine rings is 1. The molecule has 3 aromatic rings. The van der Waals surface area contributed by atoms with Crippen molar-refractivity contribution >= 4 is 26.8 Å². The number of para-hydroxylation sites is 1. The second-order valence-corrected chi connectivity index (χ2v) is 4.26. The monoisotopic (exact) mass is 291 g/mol. The number of nitrogens with one attached hydrogen (secondary N) is 1. The van der Waals surface area contributed by atoms with Crippen molar-refractivity contribution in [3.8, 4) is 17.1 Å². The van der Waals surface area contributed by atoms with E-state index < -0.39 is 0 Å². The Morgan fingerprint density at radius 3 is 2.94 bits per heavy atom. The smallest absolute Gasteiger partial charge is 0.184 e. The first-order chi connectivity index (χ1) is 8.27. The number of hydrogen-bond acceptors (Lipinski definition) is 5. The van der Waals surface area contributed by atoms with Gasteiger partial charge < -0.3 is 5.11 Å². The fourth-order valence-corrected chi connectivity index (χ4v) is 2.09. The number of nitrogens with zero attached hydrogens (tertiary/aromatic N) is 4. The van der Waals surface area contributed by atoms with Crippen LogP contribution in [0.1, 0.15) is 0 Å². The van der Waals surface area contributed by atoms with Crippen LogP contribution in [0.2, 0.25) is 0 Å². The van der Waals surface area contributed by atoms with Gasteiger partial charge in [-0.3, -0.25) is 4.98 Å². The number of aromatic amines is 1. The molecule has 17 heavy (non-hydrogen) atoms. The van der Waals surface area contributed by atoms with Gasteiger partial charge in [0.05, 0.1) is 11.1 Å². The molecule has 0 aliphatic rings. The van der Waals surface area contributed by atoms with Crippen LogP contribution in [0.3, 0.4) is 0 Å². The highest BCUT2D eigenvalue weighted by Gasteiger charge is 2.13. The molecule has 2 heterocycles. The number of benzene rings is 1. The molecule has 0 amide bonds. The highest BCUT2D eigenvalue weighted by Crippen LogP contribution is 2.34. The van der Waals surface area contributed by atoms with E-state index in [9.17, 15) is 5.11 Å². The first-order valence-electron chi connectivity index (χ1n) is 4.77. The number of aromatic nitrogens is 5. The summed E-state index contributed by atoms with van der Waals surface area (Å²) in [5, 5.41) is 24.1. The van der Waals surface area contributed by atoms with Crippen molar-refractivity contribution in [2.24, 2.45) is 0 Å². The number of hydrogen-bond donors (Lipinski definition) is 2. The summed E-state index contributed by atoms with van der Waals surface area (Å²) in [4.78, 5) is 4.28. The topological polar surface area (TPSA) is 87.6 Å². The van der Waals surface area contributed by atoms with Crippen LogP contribution in [0.25, 0.3) is 22.3 Å². The largest absolute Gasteiger partial charge is 0.506 e. The van der Waals surface area contributed by atoms with Gasteiger partial charge in [-0.15, -0.1) is 5.10 Å². The molecule has 0 saturated carbocycles. The molecule has 0 bridgehead atoms. The zero-order valence-corrected chi connectivity index (χ0v) is 10.0. The molecule has 0 saturated heterocycles. The predicted molar refractivity (Wildman–Crippen MR) is 64.3 cm³/mol. The second kappa shape index (κ2) is 3.77. The van der Waals surface area contributed by atoms with Crippen LogP contribution in [-0.4, -0.2) is 30.7 Å². The first-order valence-corrected chi connectivity index (χ1v) is 5.57. The van der Waals surface area contributed by atoms with Gasteiger partial charge >= 0.3 is 0 Å². The van der Waals surface area contributed by atoms with Crippen molar-refractivity contribution in [3.63, 3.8) is 0 Å². The van der Waals surface area contributed by atoms with E-state index in [1.807, 2.05) is 12.1 Å². The van der Waals surface area contributed by atoms with E-state index in [1.165, 1.54) is 6.20 Å². The van der Waals surface area contributed by atoms with Gasteiger partial charge in [0, 0.05) is 16.1 Å². The lowest BCUT2D eigenvalue weighted by Crippen LogP contribution is -1.88. The van der Waals surface area contributed by atoms with Crippen LogP contribution in [0.5, 0.6) is 5.75 Å². The van der Waals surface area contributed by atoms with Gasteiger partial charge in [0.1, 0.15) is 5.75 Å². The molecule has 0 aliphatic carbocycles. The summed E-state index contributed by atoms with van der Waals surface area (Å²) in [6.45, 7) is 0. The third-order valence-corrected chi connectivity index (χ3v) is 3.06. The third-order valence-electron chi connectivity index (χ3n) is 2.42. The zero-order chi connectivity index (χ0) is 11.8. The Morgan fingerprint density at radius 2 is 2.18 bits per heavy atom. The molecule has 0 radical (unpaired) electrons. The Bertz CT molecular complexity index is 682. The molecular formula is C10H6BrN5O. The summed E-state index contributed by atoms with van der Waals surface area (Å²) in [7, 11) is 0. The molecular weight excluding hydrogens is 286 g/mol. The van der Waals surface area contributed by atoms with Crippen LogP contribution >= 0.6 is 15.9 Å². The molecule has 7 heteroatoms. The Labute approximate surface area is 104 Å². The SMILES string of the molecule is Oc1c(-c2nnn[nH]2)cnc2c(Br)cccc12. The molecule has 0 atom stereocenters. The van der Waals surface area contributed by atoms with Crippen molar-refractivity contribution in [2.45, 2.75) is 0 Å². The van der Waals surface area contributed by atoms with Crippen LogP contribution in [0.4, 0.5) is 0 Å². The summed E-state index contributed by atoms with van der Waals surface area (Å²) in [6, 6.07) is 5.48. The molecule has 0 spiro atoms. The average Bonchev–Trinajstić information content (AvgIpc) is 2.84. The summed E-state index contributed by atoms with van der Waals surface area (Å²) in [5.74, 6) is 0.492. The maximum atomic E-state index is 10.2. The zero-order valence-electron chi connectivity index (χ0n) is 8.42. The minimum atomic E-state index is 0.106. The standard InChI is InChI=1S/C10H6BrN5O/c11-7-3-1-2-5-8(7)12-4-6(9(5)17)10-13-15-16-14-10/h1-4H,(H,12,17)(H,13,14,15,16). The van der Waals surface area contributed by atoms with Crippen LogP contribution in [-0.2, 0) is 0 Å². The Hall–Kier alpha value is -2.02. The Kier molecular flexibility index (Phi) is 2.25. The van der Waals surface area contributed by atoms with Crippen molar-refractivity contribution in [1.29, 1.82) is 0 Å². The lowest BCUT2D eigenvalue weighted by molar-refractivity contribution is 0.482. The van der Waals surface area contributed by atoms with Gasteiger partial charge in [0.15, 0.2) is 5.82 Å². The summed E-state index contributed by atoms with van der Waals surface area (Å²) in [6.07, 6.45) is 1.53. The van der Waals surface area contributed by atoms with Gasteiger partial charge in [-0.2, -0.15) is 0 Å².